The third kappa shape index (κ3) is 10.2. The first kappa shape index (κ1) is 56.9. The summed E-state index contributed by atoms with van der Waals surface area (Å²) in [5, 5.41) is 1.33. The Bertz CT molecular complexity index is 4840. The Kier molecular flexibility index (Phi) is 13.4. The van der Waals surface area contributed by atoms with Crippen LogP contribution in [0, 0.1) is 0 Å². The number of halogens is 15. The molecule has 0 saturated heterocycles. The fraction of sp³-hybridized carbons (Fsp3) is 0.0735. The third-order valence-corrected chi connectivity index (χ3v) is 15.3. The van der Waals surface area contributed by atoms with Gasteiger partial charge in [0.2, 0.25) is 0 Å². The largest absolute Gasteiger partial charge is 0.417 e. The van der Waals surface area contributed by atoms with E-state index in [0.717, 1.165) is 18.2 Å². The molecule has 13 rings (SSSR count). The van der Waals surface area contributed by atoms with E-state index in [-0.39, 0.29) is 79.7 Å². The van der Waals surface area contributed by atoms with Gasteiger partial charge in [-0.25, -0.2) is 15.0 Å². The van der Waals surface area contributed by atoms with Crippen molar-refractivity contribution >= 4 is 43.6 Å². The highest BCUT2D eigenvalue weighted by Gasteiger charge is 2.41. The van der Waals surface area contributed by atoms with Crippen LogP contribution in [0.15, 0.2) is 218 Å². The van der Waals surface area contributed by atoms with Gasteiger partial charge in [-0.05, 0) is 101 Å². The summed E-state index contributed by atoms with van der Waals surface area (Å²) in [6, 6.07) is 49.9. The minimum atomic E-state index is -5.25. The SMILES string of the molecule is FC(F)(F)c1ccc(-c2ccc(-c3nc(-c4ccccc4)nc(-c4ccccc4)n3)cc2-n2c3ccccc3c3cc(-c4ccc(C(F)(F)F)cc4C(F)(F)F)ccc32)c(-n2c3ccccc3c3cc(-c4ccc(C(F)(F)F)cc4C(F)(F)F)ccc32)c1. The molecule has 0 aliphatic heterocycles. The lowest BCUT2D eigenvalue weighted by atomic mass is 9.95. The van der Waals surface area contributed by atoms with Crippen molar-refractivity contribution in [3.05, 3.63) is 246 Å². The van der Waals surface area contributed by atoms with Crippen LogP contribution in [0.4, 0.5) is 65.9 Å². The van der Waals surface area contributed by atoms with Gasteiger partial charge in [0.15, 0.2) is 17.5 Å². The fourth-order valence-corrected chi connectivity index (χ4v) is 11.4. The first-order valence-corrected chi connectivity index (χ1v) is 26.7. The average molecular weight is 1210 g/mol. The van der Waals surface area contributed by atoms with Crippen LogP contribution in [-0.4, -0.2) is 24.1 Å². The summed E-state index contributed by atoms with van der Waals surface area (Å²) in [5.74, 6) is 0.681. The molecule has 438 valence electrons. The maximum Gasteiger partial charge on any atom is 0.417 e. The predicted molar refractivity (Wildman–Crippen MR) is 306 cm³/mol. The smallest absolute Gasteiger partial charge is 0.309 e. The summed E-state index contributed by atoms with van der Waals surface area (Å²) >= 11 is 0. The van der Waals surface area contributed by atoms with Crippen LogP contribution < -0.4 is 0 Å². The van der Waals surface area contributed by atoms with Crippen molar-refractivity contribution in [1.82, 2.24) is 24.1 Å². The molecule has 88 heavy (non-hydrogen) atoms. The van der Waals surface area contributed by atoms with E-state index in [1.54, 1.807) is 120 Å². The number of benzene rings is 10. The molecule has 20 heteroatoms. The normalized spacial score (nSPS) is 12.7. The highest BCUT2D eigenvalue weighted by atomic mass is 19.4. The molecule has 0 aliphatic rings. The first-order valence-electron chi connectivity index (χ1n) is 26.7. The Morgan fingerprint density at radius 2 is 0.568 bits per heavy atom. The molecule has 0 atom stereocenters. The minimum Gasteiger partial charge on any atom is -0.309 e. The molecule has 3 aromatic heterocycles. The molecule has 0 fully saturated rings. The molecule has 5 nitrogen and oxygen atoms in total. The maximum absolute atomic E-state index is 15.3. The molecule has 0 N–H and O–H groups in total. The zero-order valence-corrected chi connectivity index (χ0v) is 44.7. The van der Waals surface area contributed by atoms with Gasteiger partial charge in [0.1, 0.15) is 0 Å². The molecular formula is C68H36F15N5. The monoisotopic (exact) mass is 1210 g/mol. The molecular weight excluding hydrogens is 1170 g/mol. The summed E-state index contributed by atoms with van der Waals surface area (Å²) < 4.78 is 221. The number of hydrogen-bond donors (Lipinski definition) is 0. The van der Waals surface area contributed by atoms with E-state index in [4.69, 9.17) is 15.0 Å². The molecule has 0 aliphatic carbocycles. The van der Waals surface area contributed by atoms with Gasteiger partial charge in [0, 0.05) is 49.4 Å². The van der Waals surface area contributed by atoms with Gasteiger partial charge in [-0.1, -0.05) is 140 Å². The van der Waals surface area contributed by atoms with E-state index >= 15 is 13.2 Å². The Labute approximate surface area is 487 Å². The third-order valence-electron chi connectivity index (χ3n) is 15.3. The molecule has 0 bridgehead atoms. The molecule has 0 spiro atoms. The van der Waals surface area contributed by atoms with E-state index in [2.05, 4.69) is 0 Å². The van der Waals surface area contributed by atoms with Gasteiger partial charge in [-0.3, -0.25) is 0 Å². The number of hydrogen-bond acceptors (Lipinski definition) is 3. The summed E-state index contributed by atoms with van der Waals surface area (Å²) in [4.78, 5) is 14.7. The van der Waals surface area contributed by atoms with Crippen LogP contribution in [-0.2, 0) is 30.9 Å². The molecule has 13 aromatic rings. The van der Waals surface area contributed by atoms with Crippen molar-refractivity contribution in [3.63, 3.8) is 0 Å². The van der Waals surface area contributed by atoms with Gasteiger partial charge in [-0.15, -0.1) is 0 Å². The highest BCUT2D eigenvalue weighted by Crippen LogP contribution is 2.48. The predicted octanol–water partition coefficient (Wildman–Crippen LogP) is 21.2. The zero-order chi connectivity index (χ0) is 61.8. The van der Waals surface area contributed by atoms with Crippen molar-refractivity contribution in [3.8, 4) is 78.9 Å². The summed E-state index contributed by atoms with van der Waals surface area (Å²) in [6.45, 7) is 0. The van der Waals surface area contributed by atoms with Crippen LogP contribution in [0.25, 0.3) is 123 Å². The fourth-order valence-electron chi connectivity index (χ4n) is 11.4. The molecule has 0 unspecified atom stereocenters. The van der Waals surface area contributed by atoms with Crippen molar-refractivity contribution in [1.29, 1.82) is 0 Å². The number of nitrogens with zero attached hydrogens (tertiary/aromatic N) is 5. The topological polar surface area (TPSA) is 48.5 Å². The second-order valence-corrected chi connectivity index (χ2v) is 20.7. The number of aromatic nitrogens is 5. The number of alkyl halides is 15. The summed E-state index contributed by atoms with van der Waals surface area (Å²) in [5.41, 5.74) is -5.33. The summed E-state index contributed by atoms with van der Waals surface area (Å²) in [7, 11) is 0. The van der Waals surface area contributed by atoms with Crippen LogP contribution in [0.2, 0.25) is 0 Å². The lowest BCUT2D eigenvalue weighted by molar-refractivity contribution is -0.144. The van der Waals surface area contributed by atoms with Gasteiger partial charge < -0.3 is 9.13 Å². The van der Waals surface area contributed by atoms with Crippen LogP contribution >= 0.6 is 0 Å². The van der Waals surface area contributed by atoms with Crippen molar-refractivity contribution in [2.24, 2.45) is 0 Å². The molecule has 0 radical (unpaired) electrons. The maximum atomic E-state index is 15.3. The number of fused-ring (bicyclic) bond motifs is 6. The van der Waals surface area contributed by atoms with Gasteiger partial charge in [0.25, 0.3) is 0 Å². The molecule has 10 aromatic carbocycles. The summed E-state index contributed by atoms with van der Waals surface area (Å²) in [6.07, 6.45) is -25.7. The van der Waals surface area contributed by atoms with Crippen LogP contribution in [0.1, 0.15) is 27.8 Å². The Hall–Kier alpha value is -10.2. The number of para-hydroxylation sites is 2. The minimum absolute atomic E-state index is 0.0187. The van der Waals surface area contributed by atoms with E-state index in [1.165, 1.54) is 47.0 Å². The standard InChI is InChI=1S/C68H36F15N5/c69-64(70,71)42-22-26-45(53(34-42)67(78,79)80)39-20-29-57-51(31-39)47-15-7-9-17-55(47)87(57)59-33-41(63-85-61(37-11-3-1-4-12-37)84-62(86-63)38-13-5-2-6-14-38)19-25-49(59)50-28-24-44(66(75,76)77)36-60(50)88-56-18-10-8-16-48(56)52-32-40(21-30-58(52)88)46-27-23-43(65(72,73)74)35-54(46)68(81,82)83/h1-36H. The van der Waals surface area contributed by atoms with E-state index < -0.39 is 69.8 Å². The van der Waals surface area contributed by atoms with E-state index in [0.29, 0.717) is 62.1 Å². The second kappa shape index (κ2) is 20.7. The van der Waals surface area contributed by atoms with Crippen LogP contribution in [0.3, 0.4) is 0 Å². The molecule has 0 amide bonds. The van der Waals surface area contributed by atoms with Crippen molar-refractivity contribution in [2.75, 3.05) is 0 Å². The lowest BCUT2D eigenvalue weighted by Gasteiger charge is -2.21. The van der Waals surface area contributed by atoms with E-state index in [1.807, 2.05) is 12.1 Å². The zero-order valence-electron chi connectivity index (χ0n) is 44.7. The number of rotatable bonds is 8. The van der Waals surface area contributed by atoms with Crippen molar-refractivity contribution in [2.45, 2.75) is 30.9 Å². The lowest BCUT2D eigenvalue weighted by Crippen LogP contribution is -2.12. The van der Waals surface area contributed by atoms with Gasteiger partial charge >= 0.3 is 30.9 Å². The first-order chi connectivity index (χ1) is 41.8. The average Bonchev–Trinajstić information content (AvgIpc) is 1.56. The Balaban J connectivity index is 1.10. The molecule has 3 heterocycles. The molecule has 0 saturated carbocycles. The van der Waals surface area contributed by atoms with Gasteiger partial charge in [-0.2, -0.15) is 65.9 Å². The highest BCUT2D eigenvalue weighted by molar-refractivity contribution is 6.13. The quantitative estimate of drug-likeness (QED) is 0.142. The van der Waals surface area contributed by atoms with Gasteiger partial charge in [0.05, 0.1) is 61.3 Å². The second-order valence-electron chi connectivity index (χ2n) is 20.7. The van der Waals surface area contributed by atoms with Crippen molar-refractivity contribution < 1.29 is 65.9 Å². The van der Waals surface area contributed by atoms with E-state index in [9.17, 15) is 52.7 Å². The Morgan fingerprint density at radius 3 is 0.977 bits per heavy atom. The van der Waals surface area contributed by atoms with Crippen LogP contribution in [0.5, 0.6) is 0 Å². The Morgan fingerprint density at radius 1 is 0.239 bits per heavy atom.